The number of rotatable bonds is 3. The van der Waals surface area contributed by atoms with Crippen molar-refractivity contribution >= 4 is 5.91 Å². The van der Waals surface area contributed by atoms with Crippen LogP contribution in [0.5, 0.6) is 5.75 Å². The van der Waals surface area contributed by atoms with Gasteiger partial charge in [-0.1, -0.05) is 16.8 Å². The fourth-order valence-electron chi connectivity index (χ4n) is 2.29. The molecule has 0 saturated carbocycles. The first-order valence-corrected chi connectivity index (χ1v) is 6.43. The summed E-state index contributed by atoms with van der Waals surface area (Å²) in [4.78, 5) is 12.2. The third-order valence-corrected chi connectivity index (χ3v) is 3.27. The molecule has 1 atom stereocenters. The molecule has 0 aliphatic heterocycles. The molecule has 106 valence electrons. The Kier molecular flexibility index (Phi) is 3.79. The number of carbonyl (C=O) groups excluding carboxylic acids is 1. The molecular formula is C15H18N2O3. The van der Waals surface area contributed by atoms with E-state index in [9.17, 15) is 9.90 Å². The summed E-state index contributed by atoms with van der Waals surface area (Å²) < 4.78 is 5.10. The van der Waals surface area contributed by atoms with Gasteiger partial charge >= 0.3 is 0 Å². The Labute approximate surface area is 117 Å². The number of nitrogens with one attached hydrogen (secondary N) is 1. The predicted molar refractivity (Wildman–Crippen MR) is 74.7 cm³/mol. The van der Waals surface area contributed by atoms with Crippen LogP contribution in [0.1, 0.15) is 45.9 Å². The summed E-state index contributed by atoms with van der Waals surface area (Å²) in [6.07, 6.45) is 0. The van der Waals surface area contributed by atoms with Gasteiger partial charge in [0, 0.05) is 5.56 Å². The van der Waals surface area contributed by atoms with Crippen LogP contribution in [0.4, 0.5) is 0 Å². The standard InChI is InChI=1S/C15H18N2O3/c1-8-5-6-13(18)12(7-8)15(19)16-9(2)14-10(3)17-20-11(14)4/h5-7,9,18H,1-4H3,(H,16,19). The lowest BCUT2D eigenvalue weighted by Crippen LogP contribution is -2.27. The van der Waals surface area contributed by atoms with E-state index in [1.807, 2.05) is 27.7 Å². The van der Waals surface area contributed by atoms with Gasteiger partial charge in [0.15, 0.2) is 0 Å². The monoisotopic (exact) mass is 274 g/mol. The number of hydrogen-bond donors (Lipinski definition) is 2. The highest BCUT2D eigenvalue weighted by molar-refractivity contribution is 5.97. The quantitative estimate of drug-likeness (QED) is 0.902. The minimum absolute atomic E-state index is 0.0286. The summed E-state index contributed by atoms with van der Waals surface area (Å²) in [7, 11) is 0. The average Bonchev–Trinajstić information content (AvgIpc) is 2.71. The zero-order valence-corrected chi connectivity index (χ0v) is 12.0. The molecule has 1 unspecified atom stereocenters. The highest BCUT2D eigenvalue weighted by Gasteiger charge is 2.20. The van der Waals surface area contributed by atoms with E-state index in [1.54, 1.807) is 12.1 Å². The lowest BCUT2D eigenvalue weighted by Gasteiger charge is -2.14. The molecule has 2 rings (SSSR count). The summed E-state index contributed by atoms with van der Waals surface area (Å²) in [6.45, 7) is 7.37. The summed E-state index contributed by atoms with van der Waals surface area (Å²) in [5.74, 6) is 0.335. The Morgan fingerprint density at radius 2 is 2.05 bits per heavy atom. The molecule has 0 bridgehead atoms. The molecule has 0 fully saturated rings. The van der Waals surface area contributed by atoms with Gasteiger partial charge in [0.1, 0.15) is 11.5 Å². The molecule has 0 spiro atoms. The van der Waals surface area contributed by atoms with Gasteiger partial charge in [-0.05, 0) is 39.8 Å². The number of benzene rings is 1. The van der Waals surface area contributed by atoms with E-state index in [0.29, 0.717) is 5.76 Å². The van der Waals surface area contributed by atoms with E-state index in [0.717, 1.165) is 16.8 Å². The van der Waals surface area contributed by atoms with Crippen molar-refractivity contribution in [2.45, 2.75) is 33.7 Å². The van der Waals surface area contributed by atoms with E-state index in [1.165, 1.54) is 6.07 Å². The van der Waals surface area contributed by atoms with Crippen molar-refractivity contribution in [1.29, 1.82) is 0 Å². The van der Waals surface area contributed by atoms with Gasteiger partial charge in [-0.2, -0.15) is 0 Å². The molecule has 0 aliphatic carbocycles. The second-order valence-corrected chi connectivity index (χ2v) is 4.95. The van der Waals surface area contributed by atoms with Crippen molar-refractivity contribution in [2.24, 2.45) is 0 Å². The van der Waals surface area contributed by atoms with Crippen LogP contribution in [0, 0.1) is 20.8 Å². The van der Waals surface area contributed by atoms with E-state index >= 15 is 0 Å². The van der Waals surface area contributed by atoms with Crippen LogP contribution in [-0.4, -0.2) is 16.2 Å². The van der Waals surface area contributed by atoms with Gasteiger partial charge in [-0.3, -0.25) is 4.79 Å². The van der Waals surface area contributed by atoms with Crippen molar-refractivity contribution in [3.63, 3.8) is 0 Å². The SMILES string of the molecule is Cc1ccc(O)c(C(=O)NC(C)c2c(C)noc2C)c1. The number of carbonyl (C=O) groups is 1. The maximum Gasteiger partial charge on any atom is 0.255 e. The first-order chi connectivity index (χ1) is 9.40. The molecule has 20 heavy (non-hydrogen) atoms. The topological polar surface area (TPSA) is 75.4 Å². The molecule has 0 saturated heterocycles. The molecule has 1 aromatic carbocycles. The van der Waals surface area contributed by atoms with E-state index in [2.05, 4.69) is 10.5 Å². The maximum absolute atomic E-state index is 12.2. The molecule has 2 aromatic rings. The minimum atomic E-state index is -0.321. The normalized spacial score (nSPS) is 12.2. The Morgan fingerprint density at radius 1 is 1.35 bits per heavy atom. The van der Waals surface area contributed by atoms with Gasteiger partial charge < -0.3 is 14.9 Å². The first-order valence-electron chi connectivity index (χ1n) is 6.43. The second kappa shape index (κ2) is 5.36. The van der Waals surface area contributed by atoms with Crippen LogP contribution in [-0.2, 0) is 0 Å². The van der Waals surface area contributed by atoms with Gasteiger partial charge in [0.25, 0.3) is 5.91 Å². The Morgan fingerprint density at radius 3 is 2.65 bits per heavy atom. The number of amides is 1. The lowest BCUT2D eigenvalue weighted by molar-refractivity contribution is 0.0937. The zero-order valence-electron chi connectivity index (χ0n) is 12.0. The third-order valence-electron chi connectivity index (χ3n) is 3.27. The molecule has 5 nitrogen and oxygen atoms in total. The van der Waals surface area contributed by atoms with E-state index in [4.69, 9.17) is 4.52 Å². The smallest absolute Gasteiger partial charge is 0.255 e. The molecule has 1 aromatic heterocycles. The zero-order chi connectivity index (χ0) is 14.9. The summed E-state index contributed by atoms with van der Waals surface area (Å²) in [5.41, 5.74) is 2.80. The number of hydrogen-bond acceptors (Lipinski definition) is 4. The third kappa shape index (κ3) is 2.66. The summed E-state index contributed by atoms with van der Waals surface area (Å²) in [6, 6.07) is 4.69. The van der Waals surface area contributed by atoms with Gasteiger partial charge in [-0.25, -0.2) is 0 Å². The number of aromatic hydroxyl groups is 1. The van der Waals surface area contributed by atoms with Crippen LogP contribution < -0.4 is 5.32 Å². The van der Waals surface area contributed by atoms with Crippen molar-refractivity contribution in [2.75, 3.05) is 0 Å². The number of phenols is 1. The van der Waals surface area contributed by atoms with E-state index < -0.39 is 0 Å². The van der Waals surface area contributed by atoms with Gasteiger partial charge in [-0.15, -0.1) is 0 Å². The molecule has 2 N–H and O–H groups in total. The Hall–Kier alpha value is -2.30. The fraction of sp³-hybridized carbons (Fsp3) is 0.333. The number of aryl methyl sites for hydroxylation is 3. The van der Waals surface area contributed by atoms with Crippen molar-refractivity contribution in [1.82, 2.24) is 10.5 Å². The summed E-state index contributed by atoms with van der Waals surface area (Å²) in [5, 5.41) is 16.5. The highest BCUT2D eigenvalue weighted by atomic mass is 16.5. The Bertz CT molecular complexity index is 627. The average molecular weight is 274 g/mol. The number of aromatic nitrogens is 1. The molecular weight excluding hydrogens is 256 g/mol. The van der Waals surface area contributed by atoms with Crippen molar-refractivity contribution in [3.05, 3.63) is 46.3 Å². The largest absolute Gasteiger partial charge is 0.507 e. The van der Waals surface area contributed by atoms with Crippen LogP contribution >= 0.6 is 0 Å². The molecule has 5 heteroatoms. The second-order valence-electron chi connectivity index (χ2n) is 4.95. The van der Waals surface area contributed by atoms with E-state index in [-0.39, 0.29) is 23.3 Å². The molecule has 0 aliphatic rings. The minimum Gasteiger partial charge on any atom is -0.507 e. The fourth-order valence-corrected chi connectivity index (χ4v) is 2.29. The number of phenolic OH excluding ortho intramolecular Hbond substituents is 1. The van der Waals surface area contributed by atoms with Crippen LogP contribution in [0.2, 0.25) is 0 Å². The predicted octanol–water partition coefficient (Wildman–Crippen LogP) is 2.80. The number of nitrogens with zero attached hydrogens (tertiary/aromatic N) is 1. The molecule has 0 radical (unpaired) electrons. The highest BCUT2D eigenvalue weighted by Crippen LogP contribution is 2.23. The first kappa shape index (κ1) is 14.1. The Balaban J connectivity index is 2.22. The maximum atomic E-state index is 12.2. The van der Waals surface area contributed by atoms with Crippen LogP contribution in [0.3, 0.4) is 0 Å². The lowest BCUT2D eigenvalue weighted by atomic mass is 10.1. The molecule has 1 heterocycles. The van der Waals surface area contributed by atoms with Crippen LogP contribution in [0.15, 0.2) is 22.7 Å². The summed E-state index contributed by atoms with van der Waals surface area (Å²) >= 11 is 0. The molecule has 1 amide bonds. The van der Waals surface area contributed by atoms with Crippen molar-refractivity contribution < 1.29 is 14.4 Å². The van der Waals surface area contributed by atoms with Gasteiger partial charge in [0.05, 0.1) is 17.3 Å². The van der Waals surface area contributed by atoms with Gasteiger partial charge in [0.2, 0.25) is 0 Å². The van der Waals surface area contributed by atoms with Crippen LogP contribution in [0.25, 0.3) is 0 Å². The van der Waals surface area contributed by atoms with Crippen molar-refractivity contribution in [3.8, 4) is 5.75 Å².